The van der Waals surface area contributed by atoms with Crippen molar-refractivity contribution >= 4 is 11.6 Å². The van der Waals surface area contributed by atoms with Crippen LogP contribution in [0.15, 0.2) is 18.2 Å². The highest BCUT2D eigenvalue weighted by atomic mass is 16.6. The van der Waals surface area contributed by atoms with Crippen LogP contribution in [0.25, 0.3) is 0 Å². The van der Waals surface area contributed by atoms with E-state index < -0.39 is 4.92 Å². The maximum atomic E-state index is 12.3. The first-order valence-electron chi connectivity index (χ1n) is 6.41. The average Bonchev–Trinajstić information content (AvgIpc) is 2.48. The molecule has 7 nitrogen and oxygen atoms in total. The van der Waals surface area contributed by atoms with E-state index in [0.717, 1.165) is 0 Å². The van der Waals surface area contributed by atoms with Crippen LogP contribution >= 0.6 is 0 Å². The fourth-order valence-corrected chi connectivity index (χ4v) is 2.02. The molecule has 7 heteroatoms. The molecule has 1 heterocycles. The molecule has 0 saturated carbocycles. The van der Waals surface area contributed by atoms with E-state index in [-0.39, 0.29) is 17.3 Å². The molecule has 0 bridgehead atoms. The van der Waals surface area contributed by atoms with Crippen LogP contribution in [0.5, 0.6) is 5.75 Å². The molecule has 108 valence electrons. The summed E-state index contributed by atoms with van der Waals surface area (Å²) in [6.07, 6.45) is 0. The lowest BCUT2D eigenvalue weighted by molar-refractivity contribution is -0.385. The Kier molecular flexibility index (Phi) is 4.52. The first-order chi connectivity index (χ1) is 9.63. The Morgan fingerprint density at radius 3 is 2.75 bits per heavy atom. The standard InChI is InChI=1S/C13H16N2O5/c1-2-20-12-4-3-10(9-11(12)15(17)18)13(16)14-5-7-19-8-6-14/h3-4,9H,2,5-8H2,1H3. The molecule has 0 radical (unpaired) electrons. The highest BCUT2D eigenvalue weighted by Gasteiger charge is 2.23. The number of nitro benzene ring substituents is 1. The molecule has 0 atom stereocenters. The number of nitrogens with zero attached hydrogens (tertiary/aromatic N) is 2. The Bertz CT molecular complexity index is 511. The normalized spacial score (nSPS) is 14.9. The van der Waals surface area contributed by atoms with E-state index in [1.807, 2.05) is 0 Å². The fourth-order valence-electron chi connectivity index (χ4n) is 2.02. The summed E-state index contributed by atoms with van der Waals surface area (Å²) in [5, 5.41) is 11.0. The highest BCUT2D eigenvalue weighted by Crippen LogP contribution is 2.28. The third kappa shape index (κ3) is 3.05. The van der Waals surface area contributed by atoms with Crippen molar-refractivity contribution in [1.29, 1.82) is 0 Å². The zero-order valence-corrected chi connectivity index (χ0v) is 11.2. The summed E-state index contributed by atoms with van der Waals surface area (Å²) in [5.41, 5.74) is 0.105. The van der Waals surface area contributed by atoms with Gasteiger partial charge in [-0.2, -0.15) is 0 Å². The Morgan fingerprint density at radius 2 is 2.15 bits per heavy atom. The number of benzene rings is 1. The second-order valence-corrected chi connectivity index (χ2v) is 4.28. The first-order valence-corrected chi connectivity index (χ1v) is 6.41. The third-order valence-corrected chi connectivity index (χ3v) is 3.00. The van der Waals surface area contributed by atoms with E-state index >= 15 is 0 Å². The van der Waals surface area contributed by atoms with Gasteiger partial charge in [-0.15, -0.1) is 0 Å². The molecule has 1 amide bonds. The maximum Gasteiger partial charge on any atom is 0.311 e. The van der Waals surface area contributed by atoms with Gasteiger partial charge >= 0.3 is 5.69 Å². The van der Waals surface area contributed by atoms with E-state index in [9.17, 15) is 14.9 Å². The number of amides is 1. The molecular weight excluding hydrogens is 264 g/mol. The van der Waals surface area contributed by atoms with Gasteiger partial charge in [0.15, 0.2) is 5.75 Å². The second-order valence-electron chi connectivity index (χ2n) is 4.28. The number of hydrogen-bond donors (Lipinski definition) is 0. The van der Waals surface area contributed by atoms with E-state index in [2.05, 4.69) is 0 Å². The van der Waals surface area contributed by atoms with Crippen molar-refractivity contribution in [3.63, 3.8) is 0 Å². The summed E-state index contributed by atoms with van der Waals surface area (Å²) in [5.74, 6) is -0.0459. The molecule has 1 saturated heterocycles. The minimum absolute atomic E-state index is 0.177. The van der Waals surface area contributed by atoms with Crippen LogP contribution in [0.1, 0.15) is 17.3 Å². The van der Waals surface area contributed by atoms with Crippen LogP contribution in [0.4, 0.5) is 5.69 Å². The molecular formula is C13H16N2O5. The predicted molar refractivity (Wildman–Crippen MR) is 71.0 cm³/mol. The Labute approximate surface area is 116 Å². The number of morpholine rings is 1. The van der Waals surface area contributed by atoms with E-state index in [1.165, 1.54) is 12.1 Å². The summed E-state index contributed by atoms with van der Waals surface area (Å²) < 4.78 is 10.4. The molecule has 20 heavy (non-hydrogen) atoms. The van der Waals surface area contributed by atoms with Crippen molar-refractivity contribution in [2.45, 2.75) is 6.92 Å². The summed E-state index contributed by atoms with van der Waals surface area (Å²) >= 11 is 0. The molecule has 1 fully saturated rings. The molecule has 0 aromatic heterocycles. The summed E-state index contributed by atoms with van der Waals surface area (Å²) in [6, 6.07) is 4.29. The van der Waals surface area contributed by atoms with Crippen LogP contribution in [0.3, 0.4) is 0 Å². The molecule has 0 aliphatic carbocycles. The number of hydrogen-bond acceptors (Lipinski definition) is 5. The van der Waals surface area contributed by atoms with Gasteiger partial charge in [-0.05, 0) is 19.1 Å². The monoisotopic (exact) mass is 280 g/mol. The minimum atomic E-state index is -0.541. The second kappa shape index (κ2) is 6.33. The van der Waals surface area contributed by atoms with Crippen molar-refractivity contribution in [3.8, 4) is 5.75 Å². The first kappa shape index (κ1) is 14.3. The smallest absolute Gasteiger partial charge is 0.311 e. The highest BCUT2D eigenvalue weighted by molar-refractivity contribution is 5.95. The lowest BCUT2D eigenvalue weighted by Crippen LogP contribution is -2.40. The van der Waals surface area contributed by atoms with Crippen molar-refractivity contribution in [2.75, 3.05) is 32.9 Å². The SMILES string of the molecule is CCOc1ccc(C(=O)N2CCOCC2)cc1[N+](=O)[O-]. The minimum Gasteiger partial charge on any atom is -0.487 e. The maximum absolute atomic E-state index is 12.3. The van der Waals surface area contributed by atoms with Crippen molar-refractivity contribution < 1.29 is 19.2 Å². The van der Waals surface area contributed by atoms with Crippen LogP contribution in [-0.4, -0.2) is 48.6 Å². The molecule has 0 N–H and O–H groups in total. The zero-order valence-electron chi connectivity index (χ0n) is 11.2. The number of carbonyl (C=O) groups is 1. The van der Waals surface area contributed by atoms with Gasteiger partial charge in [-0.3, -0.25) is 14.9 Å². The molecule has 2 rings (SSSR count). The van der Waals surface area contributed by atoms with E-state index in [4.69, 9.17) is 9.47 Å². The van der Waals surface area contributed by atoms with E-state index in [1.54, 1.807) is 17.9 Å². The Hall–Kier alpha value is -2.15. The molecule has 0 spiro atoms. The quantitative estimate of drug-likeness (QED) is 0.616. The number of carbonyl (C=O) groups excluding carboxylic acids is 1. The predicted octanol–water partition coefficient (Wildman–Crippen LogP) is 1.47. The van der Waals surface area contributed by atoms with Crippen LogP contribution < -0.4 is 4.74 Å². The van der Waals surface area contributed by atoms with Crippen LogP contribution in [0, 0.1) is 10.1 Å². The number of rotatable bonds is 4. The van der Waals surface area contributed by atoms with Gasteiger partial charge in [0.1, 0.15) is 0 Å². The third-order valence-electron chi connectivity index (χ3n) is 3.00. The van der Waals surface area contributed by atoms with E-state index in [0.29, 0.717) is 38.5 Å². The summed E-state index contributed by atoms with van der Waals surface area (Å²) in [6.45, 7) is 4.06. The van der Waals surface area contributed by atoms with Gasteiger partial charge in [-0.1, -0.05) is 0 Å². The fraction of sp³-hybridized carbons (Fsp3) is 0.462. The van der Waals surface area contributed by atoms with Crippen molar-refractivity contribution in [2.24, 2.45) is 0 Å². The molecule has 1 aliphatic heterocycles. The van der Waals surface area contributed by atoms with Crippen LogP contribution in [0.2, 0.25) is 0 Å². The molecule has 0 unspecified atom stereocenters. The lowest BCUT2D eigenvalue weighted by Gasteiger charge is -2.26. The molecule has 1 aliphatic rings. The van der Waals surface area contributed by atoms with Crippen LogP contribution in [-0.2, 0) is 4.74 Å². The average molecular weight is 280 g/mol. The van der Waals surface area contributed by atoms with Gasteiger partial charge in [0.25, 0.3) is 5.91 Å². The van der Waals surface area contributed by atoms with Gasteiger partial charge in [0.2, 0.25) is 0 Å². The number of nitro groups is 1. The lowest BCUT2D eigenvalue weighted by atomic mass is 10.1. The van der Waals surface area contributed by atoms with Gasteiger partial charge in [0.05, 0.1) is 24.7 Å². The van der Waals surface area contributed by atoms with Gasteiger partial charge < -0.3 is 14.4 Å². The summed E-state index contributed by atoms with van der Waals surface area (Å²) in [4.78, 5) is 24.4. The largest absolute Gasteiger partial charge is 0.487 e. The Balaban J connectivity index is 2.25. The van der Waals surface area contributed by atoms with Crippen molar-refractivity contribution in [1.82, 2.24) is 4.90 Å². The topological polar surface area (TPSA) is 81.9 Å². The zero-order chi connectivity index (χ0) is 14.5. The number of ether oxygens (including phenoxy) is 2. The Morgan fingerprint density at radius 1 is 1.45 bits per heavy atom. The molecule has 1 aromatic carbocycles. The van der Waals surface area contributed by atoms with Gasteiger partial charge in [0, 0.05) is 24.7 Å². The molecule has 1 aromatic rings. The van der Waals surface area contributed by atoms with Crippen molar-refractivity contribution in [3.05, 3.63) is 33.9 Å². The van der Waals surface area contributed by atoms with Gasteiger partial charge in [-0.25, -0.2) is 0 Å². The summed E-state index contributed by atoms with van der Waals surface area (Å²) in [7, 11) is 0.